The number of hydrogen-bond donors (Lipinski definition) is 1. The molecule has 0 aromatic heterocycles. The lowest BCUT2D eigenvalue weighted by atomic mass is 9.91. The predicted octanol–water partition coefficient (Wildman–Crippen LogP) is 4.64. The first-order valence-corrected chi connectivity index (χ1v) is 7.43. The Balaban J connectivity index is 1.98. The summed E-state index contributed by atoms with van der Waals surface area (Å²) in [4.78, 5) is 10.9. The second-order valence-electron chi connectivity index (χ2n) is 5.85. The Hall–Kier alpha value is -2.09. The van der Waals surface area contributed by atoms with Crippen LogP contribution in [0, 0.1) is 11.8 Å². The molecule has 0 aliphatic heterocycles. The van der Waals surface area contributed by atoms with E-state index in [2.05, 4.69) is 43.3 Å². The SMILES string of the molecule is CC(Cc1ccc(-c2ccccc2)cc1)C[C@@H](C)C(=O)O. The molecule has 0 amide bonds. The molecule has 2 rings (SSSR count). The summed E-state index contributed by atoms with van der Waals surface area (Å²) in [5.74, 6) is -0.608. The number of carbonyl (C=O) groups is 1. The molecule has 1 unspecified atom stereocenters. The van der Waals surface area contributed by atoms with Gasteiger partial charge in [0.2, 0.25) is 0 Å². The van der Waals surface area contributed by atoms with E-state index in [1.165, 1.54) is 16.7 Å². The molecular weight excluding hydrogens is 260 g/mol. The average molecular weight is 282 g/mol. The second kappa shape index (κ2) is 7.07. The van der Waals surface area contributed by atoms with Gasteiger partial charge < -0.3 is 5.11 Å². The van der Waals surface area contributed by atoms with E-state index in [1.807, 2.05) is 18.2 Å². The molecule has 0 radical (unpaired) electrons. The van der Waals surface area contributed by atoms with Crippen molar-refractivity contribution < 1.29 is 9.90 Å². The minimum absolute atomic E-state index is 0.274. The molecule has 0 saturated carbocycles. The molecule has 2 atom stereocenters. The number of aliphatic carboxylic acids is 1. The number of hydrogen-bond acceptors (Lipinski definition) is 1. The average Bonchev–Trinajstić information content (AvgIpc) is 2.48. The summed E-state index contributed by atoms with van der Waals surface area (Å²) >= 11 is 0. The summed E-state index contributed by atoms with van der Waals surface area (Å²) in [5.41, 5.74) is 3.70. The molecule has 0 spiro atoms. The van der Waals surface area contributed by atoms with Crippen LogP contribution in [0.1, 0.15) is 25.8 Å². The molecule has 2 aromatic carbocycles. The molecule has 1 N–H and O–H groups in total. The first-order chi connectivity index (χ1) is 10.1. The molecule has 21 heavy (non-hydrogen) atoms. The van der Waals surface area contributed by atoms with Crippen LogP contribution in [-0.4, -0.2) is 11.1 Å². The summed E-state index contributed by atoms with van der Waals surface area (Å²) in [7, 11) is 0. The summed E-state index contributed by atoms with van der Waals surface area (Å²) < 4.78 is 0. The fourth-order valence-corrected chi connectivity index (χ4v) is 2.65. The Morgan fingerprint density at radius 1 is 0.952 bits per heavy atom. The van der Waals surface area contributed by atoms with E-state index in [0.717, 1.165) is 12.8 Å². The Kier molecular flexibility index (Phi) is 5.15. The highest BCUT2D eigenvalue weighted by molar-refractivity contribution is 5.69. The number of benzene rings is 2. The van der Waals surface area contributed by atoms with Crippen LogP contribution < -0.4 is 0 Å². The summed E-state index contributed by atoms with van der Waals surface area (Å²) in [6, 6.07) is 18.9. The van der Waals surface area contributed by atoms with Crippen molar-refractivity contribution in [1.29, 1.82) is 0 Å². The van der Waals surface area contributed by atoms with Gasteiger partial charge in [0.25, 0.3) is 0 Å². The van der Waals surface area contributed by atoms with Crippen LogP contribution in [0.15, 0.2) is 54.6 Å². The van der Waals surface area contributed by atoms with Gasteiger partial charge in [0, 0.05) is 0 Å². The number of carboxylic acid groups (broad SMARTS) is 1. The lowest BCUT2D eigenvalue weighted by Gasteiger charge is -2.14. The fraction of sp³-hybridized carbons (Fsp3) is 0.316. The van der Waals surface area contributed by atoms with E-state index >= 15 is 0 Å². The molecule has 110 valence electrons. The molecule has 0 aliphatic carbocycles. The van der Waals surface area contributed by atoms with Gasteiger partial charge in [0.15, 0.2) is 0 Å². The van der Waals surface area contributed by atoms with Crippen molar-refractivity contribution >= 4 is 5.97 Å². The van der Waals surface area contributed by atoms with Crippen molar-refractivity contribution in [1.82, 2.24) is 0 Å². The van der Waals surface area contributed by atoms with Crippen molar-refractivity contribution in [2.24, 2.45) is 11.8 Å². The van der Waals surface area contributed by atoms with Crippen LogP contribution in [0.5, 0.6) is 0 Å². The van der Waals surface area contributed by atoms with E-state index in [1.54, 1.807) is 6.92 Å². The maximum Gasteiger partial charge on any atom is 0.306 e. The smallest absolute Gasteiger partial charge is 0.306 e. The van der Waals surface area contributed by atoms with E-state index in [9.17, 15) is 4.79 Å². The second-order valence-corrected chi connectivity index (χ2v) is 5.85. The highest BCUT2D eigenvalue weighted by atomic mass is 16.4. The molecule has 2 nitrogen and oxygen atoms in total. The van der Waals surface area contributed by atoms with E-state index in [-0.39, 0.29) is 5.92 Å². The van der Waals surface area contributed by atoms with Gasteiger partial charge in [-0.1, -0.05) is 68.4 Å². The monoisotopic (exact) mass is 282 g/mol. The summed E-state index contributed by atoms with van der Waals surface area (Å²) in [6.45, 7) is 3.89. The highest BCUT2D eigenvalue weighted by Gasteiger charge is 2.15. The molecule has 2 heteroatoms. The zero-order valence-corrected chi connectivity index (χ0v) is 12.6. The molecular formula is C19H22O2. The van der Waals surface area contributed by atoms with Crippen molar-refractivity contribution in [3.8, 4) is 11.1 Å². The van der Waals surface area contributed by atoms with Gasteiger partial charge >= 0.3 is 5.97 Å². The zero-order chi connectivity index (χ0) is 15.2. The quantitative estimate of drug-likeness (QED) is 0.837. The Morgan fingerprint density at radius 2 is 1.52 bits per heavy atom. The predicted molar refractivity (Wildman–Crippen MR) is 86.2 cm³/mol. The van der Waals surface area contributed by atoms with Crippen molar-refractivity contribution in [2.45, 2.75) is 26.7 Å². The Bertz CT molecular complexity index is 572. The van der Waals surface area contributed by atoms with E-state index in [4.69, 9.17) is 5.11 Å². The maximum absolute atomic E-state index is 10.9. The minimum atomic E-state index is -0.707. The van der Waals surface area contributed by atoms with Crippen LogP contribution >= 0.6 is 0 Å². The van der Waals surface area contributed by atoms with E-state index < -0.39 is 5.97 Å². The Labute approximate surface area is 126 Å². The summed E-state index contributed by atoms with van der Waals surface area (Å²) in [5, 5.41) is 8.96. The Morgan fingerprint density at radius 3 is 2.10 bits per heavy atom. The van der Waals surface area contributed by atoms with Gasteiger partial charge in [-0.3, -0.25) is 4.79 Å². The third-order valence-corrected chi connectivity index (χ3v) is 3.82. The molecule has 0 saturated heterocycles. The van der Waals surface area contributed by atoms with E-state index in [0.29, 0.717) is 5.92 Å². The first kappa shape index (κ1) is 15.3. The lowest BCUT2D eigenvalue weighted by molar-refractivity contribution is -0.141. The molecule has 2 aromatic rings. The lowest BCUT2D eigenvalue weighted by Crippen LogP contribution is -2.14. The number of rotatable bonds is 6. The standard InChI is InChI=1S/C19H22O2/c1-14(12-15(2)19(20)21)13-16-8-10-18(11-9-16)17-6-4-3-5-7-17/h3-11,14-15H,12-13H2,1-2H3,(H,20,21)/t14?,15-/m1/s1. The van der Waals surface area contributed by atoms with Crippen LogP contribution in [0.2, 0.25) is 0 Å². The molecule has 0 fully saturated rings. The summed E-state index contributed by atoms with van der Waals surface area (Å²) in [6.07, 6.45) is 1.64. The van der Waals surface area contributed by atoms with Crippen molar-refractivity contribution in [3.63, 3.8) is 0 Å². The van der Waals surface area contributed by atoms with Crippen LogP contribution in [0.25, 0.3) is 11.1 Å². The van der Waals surface area contributed by atoms with Crippen LogP contribution in [0.3, 0.4) is 0 Å². The van der Waals surface area contributed by atoms with Crippen molar-refractivity contribution in [2.75, 3.05) is 0 Å². The van der Waals surface area contributed by atoms with Gasteiger partial charge in [-0.15, -0.1) is 0 Å². The largest absolute Gasteiger partial charge is 0.481 e. The minimum Gasteiger partial charge on any atom is -0.481 e. The topological polar surface area (TPSA) is 37.3 Å². The van der Waals surface area contributed by atoms with Crippen LogP contribution in [0.4, 0.5) is 0 Å². The third kappa shape index (κ3) is 4.45. The highest BCUT2D eigenvalue weighted by Crippen LogP contribution is 2.22. The normalized spacial score (nSPS) is 13.6. The van der Waals surface area contributed by atoms with Crippen LogP contribution in [-0.2, 0) is 11.2 Å². The zero-order valence-electron chi connectivity index (χ0n) is 12.6. The van der Waals surface area contributed by atoms with Gasteiger partial charge in [-0.05, 0) is 35.4 Å². The third-order valence-electron chi connectivity index (χ3n) is 3.82. The van der Waals surface area contributed by atoms with Crippen molar-refractivity contribution in [3.05, 3.63) is 60.2 Å². The maximum atomic E-state index is 10.9. The van der Waals surface area contributed by atoms with Gasteiger partial charge in [-0.2, -0.15) is 0 Å². The number of carboxylic acids is 1. The first-order valence-electron chi connectivity index (χ1n) is 7.43. The molecule has 0 heterocycles. The molecule has 0 aliphatic rings. The molecule has 0 bridgehead atoms. The van der Waals surface area contributed by atoms with Gasteiger partial charge in [-0.25, -0.2) is 0 Å². The fourth-order valence-electron chi connectivity index (χ4n) is 2.65. The van der Waals surface area contributed by atoms with Gasteiger partial charge in [0.05, 0.1) is 5.92 Å². The van der Waals surface area contributed by atoms with Gasteiger partial charge in [0.1, 0.15) is 0 Å².